The maximum absolute atomic E-state index is 12.4. The molecule has 1 fully saturated rings. The predicted octanol–water partition coefficient (Wildman–Crippen LogP) is 2.95. The lowest BCUT2D eigenvalue weighted by Crippen LogP contribution is -2.40. The normalized spacial score (nSPS) is 18.7. The summed E-state index contributed by atoms with van der Waals surface area (Å²) in [4.78, 5) is 27.7. The van der Waals surface area contributed by atoms with Crippen LogP contribution in [0.2, 0.25) is 0 Å². The summed E-state index contributed by atoms with van der Waals surface area (Å²) in [6.45, 7) is 0. The molecule has 1 amide bonds. The molecule has 1 aromatic carbocycles. The highest BCUT2D eigenvalue weighted by Crippen LogP contribution is 2.26. The molecule has 2 aromatic heterocycles. The number of carbonyl (C=O) groups excluding carboxylic acids is 1. The fraction of sp³-hybridized carbons (Fsp3) is 0.364. The summed E-state index contributed by atoms with van der Waals surface area (Å²) in [6.07, 6.45) is 4.97. The van der Waals surface area contributed by atoms with Crippen LogP contribution in [0, 0.1) is 0 Å². The van der Waals surface area contributed by atoms with E-state index in [1.807, 2.05) is 43.3 Å². The van der Waals surface area contributed by atoms with E-state index < -0.39 is 0 Å². The van der Waals surface area contributed by atoms with Crippen LogP contribution in [0.4, 0.5) is 11.8 Å². The third-order valence-corrected chi connectivity index (χ3v) is 5.40. The Morgan fingerprint density at radius 3 is 2.50 bits per heavy atom. The number of amides is 1. The van der Waals surface area contributed by atoms with E-state index in [-0.39, 0.29) is 29.4 Å². The zero-order chi connectivity index (χ0) is 21.1. The number of anilines is 2. The number of hydrogen-bond donors (Lipinski definition) is 3. The molecule has 3 aromatic rings. The van der Waals surface area contributed by atoms with Gasteiger partial charge in [-0.15, -0.1) is 0 Å². The van der Waals surface area contributed by atoms with Crippen molar-refractivity contribution >= 4 is 28.6 Å². The first-order valence-corrected chi connectivity index (χ1v) is 10.2. The Bertz CT molecular complexity index is 1050. The second-order valence-electron chi connectivity index (χ2n) is 7.82. The summed E-state index contributed by atoms with van der Waals surface area (Å²) < 4.78 is 0. The van der Waals surface area contributed by atoms with Crippen LogP contribution >= 0.6 is 0 Å². The number of hydrogen-bond acceptors (Lipinski definition) is 7. The molecule has 8 heteroatoms. The van der Waals surface area contributed by atoms with Crippen molar-refractivity contribution in [3.63, 3.8) is 0 Å². The Kier molecular flexibility index (Phi) is 5.65. The molecular weight excluding hydrogens is 380 g/mol. The summed E-state index contributed by atoms with van der Waals surface area (Å²) in [6, 6.07) is 11.4. The van der Waals surface area contributed by atoms with E-state index >= 15 is 0 Å². The number of nitrogens with zero attached hydrogens (tertiary/aromatic N) is 4. The van der Waals surface area contributed by atoms with Crippen LogP contribution in [0.3, 0.4) is 0 Å². The van der Waals surface area contributed by atoms with E-state index in [1.165, 1.54) is 12.3 Å². The molecule has 3 N–H and O–H groups in total. The summed E-state index contributed by atoms with van der Waals surface area (Å²) in [5, 5.41) is 17.3. The van der Waals surface area contributed by atoms with Crippen molar-refractivity contribution in [2.75, 3.05) is 24.3 Å². The van der Waals surface area contributed by atoms with Crippen molar-refractivity contribution in [3.8, 4) is 5.75 Å². The van der Waals surface area contributed by atoms with Crippen LogP contribution < -0.4 is 15.5 Å². The minimum atomic E-state index is -0.335. The monoisotopic (exact) mass is 406 g/mol. The zero-order valence-corrected chi connectivity index (χ0v) is 17.2. The number of rotatable bonds is 5. The summed E-state index contributed by atoms with van der Waals surface area (Å²) in [5.74, 6) is 1.08. The maximum Gasteiger partial charge on any atom is 0.273 e. The molecule has 0 unspecified atom stereocenters. The molecule has 2 heterocycles. The van der Waals surface area contributed by atoms with Gasteiger partial charge >= 0.3 is 0 Å². The van der Waals surface area contributed by atoms with Gasteiger partial charge in [0.05, 0.1) is 5.52 Å². The standard InChI is InChI=1S/C22H26N6O2/c1-28(2)20-16-6-3-4-7-17(16)26-22(27-20)25-15-11-9-14(10-12-15)24-21(30)19-18(29)8-5-13-23-19/h3-8,13-15,29H,9-12H2,1-2H3,(H,24,30)(H,25,26,27). The molecule has 0 saturated heterocycles. The van der Waals surface area contributed by atoms with E-state index in [0.29, 0.717) is 5.95 Å². The van der Waals surface area contributed by atoms with Gasteiger partial charge in [0.2, 0.25) is 5.95 Å². The van der Waals surface area contributed by atoms with Crippen molar-refractivity contribution in [1.29, 1.82) is 0 Å². The quantitative estimate of drug-likeness (QED) is 0.598. The molecule has 8 nitrogen and oxygen atoms in total. The largest absolute Gasteiger partial charge is 0.505 e. The number of benzene rings is 1. The summed E-state index contributed by atoms with van der Waals surface area (Å²) in [7, 11) is 3.96. The molecule has 1 aliphatic rings. The first kappa shape index (κ1) is 19.9. The van der Waals surface area contributed by atoms with Gasteiger partial charge in [-0.3, -0.25) is 4.79 Å². The van der Waals surface area contributed by atoms with E-state index in [4.69, 9.17) is 4.98 Å². The maximum atomic E-state index is 12.4. The highest BCUT2D eigenvalue weighted by Gasteiger charge is 2.25. The Hall–Kier alpha value is -3.42. The molecule has 0 bridgehead atoms. The third kappa shape index (κ3) is 4.27. The topological polar surface area (TPSA) is 103 Å². The summed E-state index contributed by atoms with van der Waals surface area (Å²) >= 11 is 0. The minimum absolute atomic E-state index is 0.0619. The van der Waals surface area contributed by atoms with Gasteiger partial charge < -0.3 is 20.6 Å². The van der Waals surface area contributed by atoms with Gasteiger partial charge in [0.1, 0.15) is 11.6 Å². The van der Waals surface area contributed by atoms with Crippen molar-refractivity contribution < 1.29 is 9.90 Å². The molecule has 0 atom stereocenters. The molecule has 0 aliphatic heterocycles. The number of pyridine rings is 1. The first-order chi connectivity index (χ1) is 14.5. The molecule has 1 aliphatic carbocycles. The fourth-order valence-corrected chi connectivity index (χ4v) is 3.86. The molecule has 0 spiro atoms. The summed E-state index contributed by atoms with van der Waals surface area (Å²) in [5.41, 5.74) is 0.980. The lowest BCUT2D eigenvalue weighted by atomic mass is 9.91. The first-order valence-electron chi connectivity index (χ1n) is 10.2. The molecule has 1 saturated carbocycles. The van der Waals surface area contributed by atoms with Gasteiger partial charge in [-0.1, -0.05) is 12.1 Å². The van der Waals surface area contributed by atoms with Crippen LogP contribution in [0.15, 0.2) is 42.6 Å². The van der Waals surface area contributed by atoms with Crippen LogP contribution in [-0.4, -0.2) is 52.1 Å². The van der Waals surface area contributed by atoms with Crippen molar-refractivity contribution in [3.05, 3.63) is 48.3 Å². The highest BCUT2D eigenvalue weighted by molar-refractivity contribution is 5.95. The number of nitrogens with one attached hydrogen (secondary N) is 2. The smallest absolute Gasteiger partial charge is 0.273 e. The zero-order valence-electron chi connectivity index (χ0n) is 17.2. The highest BCUT2D eigenvalue weighted by atomic mass is 16.3. The Labute approximate surface area is 175 Å². The second-order valence-corrected chi connectivity index (χ2v) is 7.82. The Balaban J connectivity index is 1.38. The van der Waals surface area contributed by atoms with Crippen LogP contribution in [0.5, 0.6) is 5.75 Å². The second kappa shape index (κ2) is 8.52. The van der Waals surface area contributed by atoms with Crippen molar-refractivity contribution in [1.82, 2.24) is 20.3 Å². The Morgan fingerprint density at radius 1 is 1.03 bits per heavy atom. The van der Waals surface area contributed by atoms with Gasteiger partial charge in [-0.05, 0) is 49.9 Å². The fourth-order valence-electron chi connectivity index (χ4n) is 3.86. The van der Waals surface area contributed by atoms with E-state index in [0.717, 1.165) is 42.4 Å². The van der Waals surface area contributed by atoms with Gasteiger partial charge in [0.25, 0.3) is 5.91 Å². The minimum Gasteiger partial charge on any atom is -0.505 e. The molecule has 30 heavy (non-hydrogen) atoms. The predicted molar refractivity (Wildman–Crippen MR) is 117 cm³/mol. The molecule has 4 rings (SSSR count). The van der Waals surface area contributed by atoms with E-state index in [9.17, 15) is 9.90 Å². The number of aromatic nitrogens is 3. The average molecular weight is 406 g/mol. The van der Waals surface area contributed by atoms with Gasteiger partial charge in [0.15, 0.2) is 5.69 Å². The lowest BCUT2D eigenvalue weighted by Gasteiger charge is -2.30. The number of carbonyl (C=O) groups is 1. The molecule has 156 valence electrons. The van der Waals surface area contributed by atoms with Gasteiger partial charge in [0, 0.05) is 37.8 Å². The molecular formula is C22H26N6O2. The number of para-hydroxylation sites is 1. The third-order valence-electron chi connectivity index (χ3n) is 5.40. The Morgan fingerprint density at radius 2 is 1.77 bits per heavy atom. The van der Waals surface area contributed by atoms with Gasteiger partial charge in [-0.25, -0.2) is 9.97 Å². The van der Waals surface area contributed by atoms with Gasteiger partial charge in [-0.2, -0.15) is 4.98 Å². The van der Waals surface area contributed by atoms with E-state index in [2.05, 4.69) is 20.6 Å². The lowest BCUT2D eigenvalue weighted by molar-refractivity contribution is 0.0918. The van der Waals surface area contributed by atoms with Crippen molar-refractivity contribution in [2.45, 2.75) is 37.8 Å². The van der Waals surface area contributed by atoms with Crippen LogP contribution in [0.25, 0.3) is 10.9 Å². The van der Waals surface area contributed by atoms with E-state index in [1.54, 1.807) is 6.07 Å². The van der Waals surface area contributed by atoms with Crippen molar-refractivity contribution in [2.24, 2.45) is 0 Å². The number of fused-ring (bicyclic) bond motifs is 1. The SMILES string of the molecule is CN(C)c1nc(NC2CCC(NC(=O)c3ncccc3O)CC2)nc2ccccc12. The van der Waals surface area contributed by atoms with Crippen LogP contribution in [0.1, 0.15) is 36.2 Å². The number of aromatic hydroxyl groups is 1. The van der Waals surface area contributed by atoms with Crippen LogP contribution in [-0.2, 0) is 0 Å². The molecule has 0 radical (unpaired) electrons. The average Bonchev–Trinajstić information content (AvgIpc) is 2.74.